The molecule has 0 aromatic heterocycles. The minimum Gasteiger partial charge on any atom is -0.396 e. The van der Waals surface area contributed by atoms with E-state index in [1.807, 2.05) is 6.07 Å². The van der Waals surface area contributed by atoms with Crippen LogP contribution in [0.5, 0.6) is 0 Å². The first-order valence-corrected chi connectivity index (χ1v) is 7.64. The molecule has 0 radical (unpaired) electrons. The summed E-state index contributed by atoms with van der Waals surface area (Å²) in [6.07, 6.45) is 4.24. The highest BCUT2D eigenvalue weighted by Crippen LogP contribution is 2.34. The molecule has 0 aliphatic heterocycles. The molecule has 1 aliphatic rings. The van der Waals surface area contributed by atoms with Gasteiger partial charge in [-0.2, -0.15) is 0 Å². The Bertz CT molecular complexity index is 420. The van der Waals surface area contributed by atoms with Crippen molar-refractivity contribution >= 4 is 11.6 Å². The molecule has 0 fully saturated rings. The molecule has 0 saturated heterocycles. The van der Waals surface area contributed by atoms with Gasteiger partial charge < -0.3 is 10.4 Å². The van der Waals surface area contributed by atoms with Crippen molar-refractivity contribution in [2.45, 2.75) is 45.6 Å². The minimum absolute atomic E-state index is 0.0230. The van der Waals surface area contributed by atoms with Gasteiger partial charge in [-0.1, -0.05) is 31.5 Å². The molecule has 3 heteroatoms. The van der Waals surface area contributed by atoms with Crippen molar-refractivity contribution in [2.24, 2.45) is 5.41 Å². The van der Waals surface area contributed by atoms with Crippen molar-refractivity contribution in [1.82, 2.24) is 5.32 Å². The van der Waals surface area contributed by atoms with Gasteiger partial charge in [0, 0.05) is 29.6 Å². The number of fused-ring (bicyclic) bond motifs is 1. The van der Waals surface area contributed by atoms with Crippen molar-refractivity contribution in [3.63, 3.8) is 0 Å². The van der Waals surface area contributed by atoms with Gasteiger partial charge >= 0.3 is 0 Å². The number of hydrogen-bond donors (Lipinski definition) is 2. The third-order valence-electron chi connectivity index (χ3n) is 4.74. The Hall–Kier alpha value is -0.570. The molecule has 0 heterocycles. The molecule has 0 bridgehead atoms. The van der Waals surface area contributed by atoms with Crippen molar-refractivity contribution < 1.29 is 5.11 Å². The van der Waals surface area contributed by atoms with Crippen LogP contribution >= 0.6 is 11.6 Å². The quantitative estimate of drug-likeness (QED) is 0.833. The molecule has 2 nitrogen and oxygen atoms in total. The highest BCUT2D eigenvalue weighted by molar-refractivity contribution is 6.30. The zero-order chi connectivity index (χ0) is 13.9. The molecule has 2 rings (SSSR count). The molecule has 0 amide bonds. The number of aliphatic hydroxyl groups excluding tert-OH is 1. The second-order valence-corrected chi connectivity index (χ2v) is 6.12. The van der Waals surface area contributed by atoms with Gasteiger partial charge in [-0.25, -0.2) is 0 Å². The van der Waals surface area contributed by atoms with Gasteiger partial charge in [-0.05, 0) is 48.9 Å². The van der Waals surface area contributed by atoms with Crippen molar-refractivity contribution in [3.05, 3.63) is 34.3 Å². The van der Waals surface area contributed by atoms with Crippen molar-refractivity contribution in [2.75, 3.05) is 13.2 Å². The molecule has 0 spiro atoms. The van der Waals surface area contributed by atoms with Gasteiger partial charge in [0.05, 0.1) is 0 Å². The smallest absolute Gasteiger partial charge is 0.0499 e. The fraction of sp³-hybridized carbons (Fsp3) is 0.625. The lowest BCUT2D eigenvalue weighted by Gasteiger charge is -2.31. The molecule has 1 atom stereocenters. The van der Waals surface area contributed by atoms with Gasteiger partial charge in [0.15, 0.2) is 0 Å². The third kappa shape index (κ3) is 3.13. The average molecular weight is 282 g/mol. The lowest BCUT2D eigenvalue weighted by atomic mass is 9.83. The molecular formula is C16H24ClNO. The SMILES string of the molecule is CCC(CC)(CO)CNC1CCc2cc(Cl)ccc21. The second kappa shape index (κ2) is 6.25. The highest BCUT2D eigenvalue weighted by Gasteiger charge is 2.28. The van der Waals surface area contributed by atoms with Crippen LogP contribution in [0.4, 0.5) is 0 Å². The number of rotatable bonds is 6. The number of benzene rings is 1. The van der Waals surface area contributed by atoms with Crippen LogP contribution in [0.2, 0.25) is 5.02 Å². The highest BCUT2D eigenvalue weighted by atomic mass is 35.5. The maximum atomic E-state index is 9.62. The molecule has 19 heavy (non-hydrogen) atoms. The number of aryl methyl sites for hydroxylation is 1. The summed E-state index contributed by atoms with van der Waals surface area (Å²) in [7, 11) is 0. The lowest BCUT2D eigenvalue weighted by Crippen LogP contribution is -2.37. The van der Waals surface area contributed by atoms with Crippen LogP contribution in [0.25, 0.3) is 0 Å². The summed E-state index contributed by atoms with van der Waals surface area (Å²) < 4.78 is 0. The van der Waals surface area contributed by atoms with Crippen LogP contribution in [0.1, 0.15) is 50.3 Å². The van der Waals surface area contributed by atoms with E-state index >= 15 is 0 Å². The normalized spacial score (nSPS) is 18.6. The van der Waals surface area contributed by atoms with Crippen LogP contribution in [-0.2, 0) is 6.42 Å². The summed E-state index contributed by atoms with van der Waals surface area (Å²) in [5, 5.41) is 14.1. The Morgan fingerprint density at radius 1 is 1.37 bits per heavy atom. The third-order valence-corrected chi connectivity index (χ3v) is 4.98. The molecule has 1 aromatic carbocycles. The van der Waals surface area contributed by atoms with Gasteiger partial charge in [0.25, 0.3) is 0 Å². The van der Waals surface area contributed by atoms with Crippen molar-refractivity contribution in [1.29, 1.82) is 0 Å². The van der Waals surface area contributed by atoms with Gasteiger partial charge in [0.1, 0.15) is 0 Å². The molecular weight excluding hydrogens is 258 g/mol. The van der Waals surface area contributed by atoms with Gasteiger partial charge in [-0.15, -0.1) is 0 Å². The number of aliphatic hydroxyl groups is 1. The van der Waals surface area contributed by atoms with Crippen LogP contribution in [0, 0.1) is 5.41 Å². The first-order chi connectivity index (χ1) is 9.14. The summed E-state index contributed by atoms with van der Waals surface area (Å²) in [5.74, 6) is 0. The lowest BCUT2D eigenvalue weighted by molar-refractivity contribution is 0.109. The minimum atomic E-state index is 0.0230. The molecule has 1 aromatic rings. The second-order valence-electron chi connectivity index (χ2n) is 5.68. The Morgan fingerprint density at radius 2 is 2.11 bits per heavy atom. The summed E-state index contributed by atoms with van der Waals surface area (Å²) in [6.45, 7) is 5.45. The fourth-order valence-electron chi connectivity index (χ4n) is 2.92. The van der Waals surface area contributed by atoms with E-state index in [0.717, 1.165) is 37.3 Å². The van der Waals surface area contributed by atoms with E-state index in [-0.39, 0.29) is 12.0 Å². The van der Waals surface area contributed by atoms with Gasteiger partial charge in [-0.3, -0.25) is 0 Å². The molecule has 1 aliphatic carbocycles. The van der Waals surface area contributed by atoms with E-state index in [0.29, 0.717) is 6.04 Å². The molecule has 1 unspecified atom stereocenters. The van der Waals surface area contributed by atoms with E-state index in [2.05, 4.69) is 31.3 Å². The summed E-state index contributed by atoms with van der Waals surface area (Å²) in [4.78, 5) is 0. The van der Waals surface area contributed by atoms with Crippen LogP contribution < -0.4 is 5.32 Å². The van der Waals surface area contributed by atoms with E-state index in [4.69, 9.17) is 11.6 Å². The maximum Gasteiger partial charge on any atom is 0.0499 e. The first kappa shape index (κ1) is 14.8. The summed E-state index contributed by atoms with van der Waals surface area (Å²) >= 11 is 6.03. The van der Waals surface area contributed by atoms with Crippen LogP contribution in [0.3, 0.4) is 0 Å². The number of hydrogen-bond acceptors (Lipinski definition) is 2. The van der Waals surface area contributed by atoms with Crippen LogP contribution in [-0.4, -0.2) is 18.3 Å². The Labute approximate surface area is 121 Å². The Morgan fingerprint density at radius 3 is 2.74 bits per heavy atom. The van der Waals surface area contributed by atoms with Crippen LogP contribution in [0.15, 0.2) is 18.2 Å². The molecule has 0 saturated carbocycles. The van der Waals surface area contributed by atoms with Crippen molar-refractivity contribution in [3.8, 4) is 0 Å². The predicted molar refractivity (Wildman–Crippen MR) is 80.6 cm³/mol. The topological polar surface area (TPSA) is 32.3 Å². The van der Waals surface area contributed by atoms with E-state index in [9.17, 15) is 5.11 Å². The van der Waals surface area contributed by atoms with E-state index in [1.54, 1.807) is 0 Å². The first-order valence-electron chi connectivity index (χ1n) is 7.26. The molecule has 106 valence electrons. The maximum absolute atomic E-state index is 9.62. The van der Waals surface area contributed by atoms with Gasteiger partial charge in [0.2, 0.25) is 0 Å². The standard InChI is InChI=1S/C16H24ClNO/c1-3-16(4-2,11-19)10-18-15-8-5-12-9-13(17)6-7-14(12)15/h6-7,9,15,18-19H,3-5,8,10-11H2,1-2H3. The Kier molecular flexibility index (Phi) is 4.88. The Balaban J connectivity index is 2.03. The average Bonchev–Trinajstić information content (AvgIpc) is 2.83. The fourth-order valence-corrected chi connectivity index (χ4v) is 3.11. The number of nitrogens with one attached hydrogen (secondary N) is 1. The zero-order valence-electron chi connectivity index (χ0n) is 11.9. The number of halogens is 1. The molecule has 2 N–H and O–H groups in total. The summed E-state index contributed by atoms with van der Waals surface area (Å²) in [6, 6.07) is 6.61. The van der Waals surface area contributed by atoms with E-state index < -0.39 is 0 Å². The monoisotopic (exact) mass is 281 g/mol. The summed E-state index contributed by atoms with van der Waals surface area (Å²) in [5.41, 5.74) is 2.77. The van der Waals surface area contributed by atoms with E-state index in [1.165, 1.54) is 11.1 Å². The largest absolute Gasteiger partial charge is 0.396 e. The predicted octanol–water partition coefficient (Wildman–Crippen LogP) is 3.72. The zero-order valence-corrected chi connectivity index (χ0v) is 12.6.